The van der Waals surface area contributed by atoms with Crippen molar-refractivity contribution in [2.75, 3.05) is 10.2 Å². The van der Waals surface area contributed by atoms with E-state index in [1.807, 2.05) is 6.92 Å². The first kappa shape index (κ1) is 17.5. The summed E-state index contributed by atoms with van der Waals surface area (Å²) in [6, 6.07) is 15.9. The predicted octanol–water partition coefficient (Wildman–Crippen LogP) is 6.71. The van der Waals surface area contributed by atoms with E-state index >= 15 is 0 Å². The monoisotopic (exact) mass is 359 g/mol. The molecular formula is C24H29N3. The Bertz CT molecular complexity index is 1070. The first-order chi connectivity index (χ1) is 12.8. The topological polar surface area (TPSA) is 20.2 Å². The van der Waals surface area contributed by atoms with Crippen LogP contribution < -0.4 is 10.2 Å². The second-order valence-electron chi connectivity index (χ2n) is 7.80. The number of hydrogen-bond donors (Lipinski definition) is 1. The molecule has 3 nitrogen and oxygen atoms in total. The van der Waals surface area contributed by atoms with Crippen LogP contribution in [0.3, 0.4) is 0 Å². The minimum Gasteiger partial charge on any atom is -0.360 e. The number of benzene rings is 2. The van der Waals surface area contributed by atoms with Crippen molar-refractivity contribution in [3.8, 4) is 0 Å². The summed E-state index contributed by atoms with van der Waals surface area (Å²) in [5.74, 6) is 0. The molecule has 1 aliphatic heterocycles. The summed E-state index contributed by atoms with van der Waals surface area (Å²) in [7, 11) is 0. The lowest BCUT2D eigenvalue weighted by Crippen LogP contribution is -2.12. The Morgan fingerprint density at radius 3 is 2.63 bits per heavy atom. The highest BCUT2D eigenvalue weighted by Crippen LogP contribution is 2.38. The zero-order valence-electron chi connectivity index (χ0n) is 16.6. The number of hydrogen-bond acceptors (Lipinski definition) is 2. The van der Waals surface area contributed by atoms with Gasteiger partial charge in [0.05, 0.1) is 0 Å². The molecule has 0 fully saturated rings. The largest absolute Gasteiger partial charge is 0.360 e. The van der Waals surface area contributed by atoms with Crippen LogP contribution in [0.15, 0.2) is 61.3 Å². The molecule has 0 saturated carbocycles. The van der Waals surface area contributed by atoms with Crippen molar-refractivity contribution < 1.29 is 1.43 Å². The number of rotatable bonds is 4. The van der Waals surface area contributed by atoms with E-state index in [1.54, 1.807) is 0 Å². The van der Waals surface area contributed by atoms with Crippen LogP contribution in [0, 0.1) is 6.92 Å². The van der Waals surface area contributed by atoms with Crippen LogP contribution in [0.25, 0.3) is 16.6 Å². The molecule has 1 aromatic heterocycles. The van der Waals surface area contributed by atoms with E-state index in [4.69, 9.17) is 0 Å². The number of nitrogens with zero attached hydrogens (tertiary/aromatic N) is 2. The van der Waals surface area contributed by atoms with Gasteiger partial charge in [-0.2, -0.15) is 0 Å². The summed E-state index contributed by atoms with van der Waals surface area (Å²) >= 11 is 0. The summed E-state index contributed by atoms with van der Waals surface area (Å²) in [5, 5.41) is 4.58. The lowest BCUT2D eigenvalue weighted by Gasteiger charge is -2.20. The first-order valence-electron chi connectivity index (χ1n) is 9.49. The highest BCUT2D eigenvalue weighted by Gasteiger charge is 2.24. The van der Waals surface area contributed by atoms with Gasteiger partial charge in [0.1, 0.15) is 0 Å². The molecule has 0 saturated heterocycles. The molecule has 0 atom stereocenters. The maximum Gasteiger partial charge on any atom is 0.0488 e. The minimum absolute atomic E-state index is 0. The van der Waals surface area contributed by atoms with Gasteiger partial charge in [-0.05, 0) is 69.7 Å². The van der Waals surface area contributed by atoms with Gasteiger partial charge in [0.2, 0.25) is 0 Å². The molecule has 2 heterocycles. The molecule has 0 spiro atoms. The fraction of sp³-hybridized carbons (Fsp3) is 0.250. The average Bonchev–Trinajstić information content (AvgIpc) is 3.10. The quantitative estimate of drug-likeness (QED) is 0.558. The van der Waals surface area contributed by atoms with Crippen LogP contribution in [0.4, 0.5) is 11.4 Å². The second-order valence-corrected chi connectivity index (χ2v) is 7.80. The van der Waals surface area contributed by atoms with E-state index in [1.165, 1.54) is 33.4 Å². The predicted molar refractivity (Wildman–Crippen MR) is 119 cm³/mol. The lowest BCUT2D eigenvalue weighted by atomic mass is 10.1. The SMILES string of the molecule is C=C(C)Nc1ccc2c(c1)C(=C)N(c1ccc3c(c1)cc(C)n3C(C)C)C2.[HH]. The third-order valence-electron chi connectivity index (χ3n) is 5.28. The van der Waals surface area contributed by atoms with Crippen molar-refractivity contribution in [1.82, 2.24) is 4.57 Å². The molecule has 3 heteroatoms. The van der Waals surface area contributed by atoms with E-state index in [-0.39, 0.29) is 1.43 Å². The number of aryl methyl sites for hydroxylation is 1. The zero-order valence-corrected chi connectivity index (χ0v) is 16.6. The van der Waals surface area contributed by atoms with Crippen LogP contribution in [0.5, 0.6) is 0 Å². The Balaban J connectivity index is 0.00000225. The van der Waals surface area contributed by atoms with Gasteiger partial charge in [-0.1, -0.05) is 19.2 Å². The second kappa shape index (κ2) is 6.34. The Kier molecular flexibility index (Phi) is 4.11. The maximum absolute atomic E-state index is 4.38. The molecule has 3 aromatic rings. The molecule has 1 aliphatic rings. The molecule has 4 rings (SSSR count). The van der Waals surface area contributed by atoms with Crippen molar-refractivity contribution >= 4 is 28.0 Å². The normalized spacial score (nSPS) is 13.5. The summed E-state index contributed by atoms with van der Waals surface area (Å²) < 4.78 is 2.39. The number of fused-ring (bicyclic) bond motifs is 2. The van der Waals surface area contributed by atoms with E-state index in [0.29, 0.717) is 6.04 Å². The van der Waals surface area contributed by atoms with Gasteiger partial charge in [-0.25, -0.2) is 0 Å². The average molecular weight is 360 g/mol. The number of nitrogens with one attached hydrogen (secondary N) is 1. The Labute approximate surface area is 163 Å². The highest BCUT2D eigenvalue weighted by molar-refractivity contribution is 5.90. The fourth-order valence-corrected chi connectivity index (χ4v) is 4.18. The van der Waals surface area contributed by atoms with Gasteiger partial charge in [-0.15, -0.1) is 0 Å². The Morgan fingerprint density at radius 2 is 1.93 bits per heavy atom. The van der Waals surface area contributed by atoms with Crippen LogP contribution in [-0.2, 0) is 6.54 Å². The molecule has 1 N–H and O–H groups in total. The van der Waals surface area contributed by atoms with Crippen LogP contribution >= 0.6 is 0 Å². The summed E-state index contributed by atoms with van der Waals surface area (Å²) in [6.45, 7) is 17.8. The van der Waals surface area contributed by atoms with E-state index in [0.717, 1.165) is 23.6 Å². The van der Waals surface area contributed by atoms with Gasteiger partial charge in [0.25, 0.3) is 0 Å². The molecule has 0 radical (unpaired) electrons. The molecule has 0 unspecified atom stereocenters. The minimum atomic E-state index is 0. The van der Waals surface area contributed by atoms with Gasteiger partial charge < -0.3 is 14.8 Å². The number of aromatic nitrogens is 1. The molecule has 0 aliphatic carbocycles. The van der Waals surface area contributed by atoms with Gasteiger partial charge in [-0.3, -0.25) is 0 Å². The van der Waals surface area contributed by atoms with Crippen molar-refractivity contribution in [1.29, 1.82) is 0 Å². The standard InChI is InChI=1S/C24H27N3.H2/c1-15(2)25-21-8-7-19-14-26(18(6)23(19)13-21)22-9-10-24-20(12-22)11-17(5)27(24)16(3)4;/h7-13,16,25H,1,6,14H2,2-5H3;1H. The van der Waals surface area contributed by atoms with Crippen molar-refractivity contribution in [3.05, 3.63) is 78.1 Å². The van der Waals surface area contributed by atoms with Gasteiger partial charge in [0.15, 0.2) is 0 Å². The molecule has 0 bridgehead atoms. The van der Waals surface area contributed by atoms with Crippen LogP contribution in [0.2, 0.25) is 0 Å². The summed E-state index contributed by atoms with van der Waals surface area (Å²) in [5.41, 5.74) is 9.35. The third-order valence-corrected chi connectivity index (χ3v) is 5.28. The van der Waals surface area contributed by atoms with Crippen molar-refractivity contribution in [2.45, 2.75) is 40.3 Å². The first-order valence-corrected chi connectivity index (χ1v) is 9.49. The number of allylic oxidation sites excluding steroid dienone is 1. The van der Waals surface area contributed by atoms with E-state index < -0.39 is 0 Å². The van der Waals surface area contributed by atoms with Crippen LogP contribution in [0.1, 0.15) is 45.1 Å². The highest BCUT2D eigenvalue weighted by atomic mass is 15.2. The zero-order chi connectivity index (χ0) is 19.3. The summed E-state index contributed by atoms with van der Waals surface area (Å²) in [6.07, 6.45) is 0. The maximum atomic E-state index is 4.38. The Hall–Kier alpha value is -2.94. The van der Waals surface area contributed by atoms with Crippen LogP contribution in [-0.4, -0.2) is 4.57 Å². The Morgan fingerprint density at radius 1 is 1.15 bits per heavy atom. The molecule has 2 aromatic carbocycles. The lowest BCUT2D eigenvalue weighted by molar-refractivity contribution is 0.608. The third kappa shape index (κ3) is 2.93. The van der Waals surface area contributed by atoms with Gasteiger partial charge in [0, 0.05) is 58.9 Å². The molecule has 0 amide bonds. The van der Waals surface area contributed by atoms with Crippen molar-refractivity contribution in [3.63, 3.8) is 0 Å². The molecule has 140 valence electrons. The van der Waals surface area contributed by atoms with E-state index in [2.05, 4.69) is 91.2 Å². The molecule has 27 heavy (non-hydrogen) atoms. The summed E-state index contributed by atoms with van der Waals surface area (Å²) in [4.78, 5) is 2.30. The smallest absolute Gasteiger partial charge is 0.0488 e. The fourth-order valence-electron chi connectivity index (χ4n) is 4.18. The molecular weight excluding hydrogens is 330 g/mol. The number of anilines is 2. The van der Waals surface area contributed by atoms with Crippen molar-refractivity contribution in [2.24, 2.45) is 0 Å². The van der Waals surface area contributed by atoms with E-state index in [9.17, 15) is 0 Å². The van der Waals surface area contributed by atoms with Gasteiger partial charge >= 0.3 is 0 Å².